The molecule has 0 bridgehead atoms. The number of hydrogen-bond donors (Lipinski definition) is 1. The SMILES string of the molecule is CCc1c(C(=O)NC2CCN(Cc3ccc(OC)c(F)c3)CC2)cnn1-c1ccc(C)cc1. The monoisotopic (exact) mass is 450 g/mol. The molecular weight excluding hydrogens is 419 g/mol. The molecule has 4 rings (SSSR count). The van der Waals surface area contributed by atoms with E-state index in [1.807, 2.05) is 48.9 Å². The fourth-order valence-corrected chi connectivity index (χ4v) is 4.38. The zero-order valence-electron chi connectivity index (χ0n) is 19.5. The molecule has 1 fully saturated rings. The van der Waals surface area contributed by atoms with Gasteiger partial charge in [0.05, 0.1) is 30.3 Å². The molecule has 3 aromatic rings. The lowest BCUT2D eigenvalue weighted by Gasteiger charge is -2.32. The number of methoxy groups -OCH3 is 1. The van der Waals surface area contributed by atoms with Crippen molar-refractivity contribution >= 4 is 5.91 Å². The maximum absolute atomic E-state index is 14.0. The summed E-state index contributed by atoms with van der Waals surface area (Å²) in [6.07, 6.45) is 4.10. The van der Waals surface area contributed by atoms with Crippen molar-refractivity contribution in [1.29, 1.82) is 0 Å². The number of benzene rings is 2. The summed E-state index contributed by atoms with van der Waals surface area (Å²) in [6, 6.07) is 13.3. The van der Waals surface area contributed by atoms with E-state index in [1.165, 1.54) is 18.7 Å². The fourth-order valence-electron chi connectivity index (χ4n) is 4.38. The number of ether oxygens (including phenoxy) is 1. The molecule has 2 aromatic carbocycles. The van der Waals surface area contributed by atoms with Crippen molar-refractivity contribution in [2.45, 2.75) is 45.7 Å². The Bertz CT molecular complexity index is 1100. The lowest BCUT2D eigenvalue weighted by Crippen LogP contribution is -2.44. The first-order chi connectivity index (χ1) is 16.0. The van der Waals surface area contributed by atoms with E-state index in [4.69, 9.17) is 4.74 Å². The number of carbonyl (C=O) groups excluding carboxylic acids is 1. The van der Waals surface area contributed by atoms with Crippen LogP contribution in [-0.4, -0.2) is 46.8 Å². The number of aromatic nitrogens is 2. The summed E-state index contributed by atoms with van der Waals surface area (Å²) in [5.74, 6) is -0.145. The highest BCUT2D eigenvalue weighted by Crippen LogP contribution is 2.21. The van der Waals surface area contributed by atoms with Crippen molar-refractivity contribution in [3.8, 4) is 11.4 Å². The van der Waals surface area contributed by atoms with Crippen LogP contribution in [0.1, 0.15) is 46.9 Å². The summed E-state index contributed by atoms with van der Waals surface area (Å²) in [5.41, 5.74) is 4.61. The maximum atomic E-state index is 14.0. The molecule has 33 heavy (non-hydrogen) atoms. The molecule has 1 aromatic heterocycles. The van der Waals surface area contributed by atoms with Crippen LogP contribution < -0.4 is 10.1 Å². The van der Waals surface area contributed by atoms with Gasteiger partial charge in [0.2, 0.25) is 0 Å². The van der Waals surface area contributed by atoms with E-state index in [0.29, 0.717) is 18.5 Å². The first-order valence-corrected chi connectivity index (χ1v) is 11.5. The quantitative estimate of drug-likeness (QED) is 0.584. The third-order valence-corrected chi connectivity index (χ3v) is 6.27. The number of carbonyl (C=O) groups is 1. The summed E-state index contributed by atoms with van der Waals surface area (Å²) in [6.45, 7) is 6.47. The number of aryl methyl sites for hydroxylation is 1. The van der Waals surface area contributed by atoms with Gasteiger partial charge in [-0.2, -0.15) is 5.10 Å². The Balaban J connectivity index is 1.35. The average Bonchev–Trinajstić information content (AvgIpc) is 3.25. The van der Waals surface area contributed by atoms with Crippen molar-refractivity contribution in [2.24, 2.45) is 0 Å². The topological polar surface area (TPSA) is 59.4 Å². The number of piperidine rings is 1. The Morgan fingerprint density at radius 1 is 1.18 bits per heavy atom. The van der Waals surface area contributed by atoms with Crippen molar-refractivity contribution in [1.82, 2.24) is 20.0 Å². The molecule has 174 valence electrons. The van der Waals surface area contributed by atoms with Crippen LogP contribution in [0.4, 0.5) is 4.39 Å². The van der Waals surface area contributed by atoms with Crippen LogP contribution in [-0.2, 0) is 13.0 Å². The molecule has 1 aliphatic rings. The molecule has 2 heterocycles. The van der Waals surface area contributed by atoms with Gasteiger partial charge in [-0.15, -0.1) is 0 Å². The second-order valence-corrected chi connectivity index (χ2v) is 8.60. The Morgan fingerprint density at radius 2 is 1.91 bits per heavy atom. The van der Waals surface area contributed by atoms with Crippen LogP contribution in [0.2, 0.25) is 0 Å². The third kappa shape index (κ3) is 5.25. The molecule has 0 spiro atoms. The van der Waals surface area contributed by atoms with E-state index in [2.05, 4.69) is 15.3 Å². The van der Waals surface area contributed by atoms with Crippen molar-refractivity contribution < 1.29 is 13.9 Å². The number of nitrogens with zero attached hydrogens (tertiary/aromatic N) is 3. The Hall–Kier alpha value is -3.19. The minimum absolute atomic E-state index is 0.0686. The van der Waals surface area contributed by atoms with E-state index in [9.17, 15) is 9.18 Å². The van der Waals surface area contributed by atoms with Gasteiger partial charge in [0.1, 0.15) is 0 Å². The summed E-state index contributed by atoms with van der Waals surface area (Å²) in [7, 11) is 1.47. The molecule has 1 saturated heterocycles. The van der Waals surface area contributed by atoms with E-state index in [1.54, 1.807) is 12.3 Å². The Morgan fingerprint density at radius 3 is 2.55 bits per heavy atom. The zero-order chi connectivity index (χ0) is 23.4. The number of rotatable bonds is 7. The van der Waals surface area contributed by atoms with Gasteiger partial charge in [0.25, 0.3) is 5.91 Å². The first-order valence-electron chi connectivity index (χ1n) is 11.5. The summed E-state index contributed by atoms with van der Waals surface area (Å²) in [5, 5.41) is 7.68. The Labute approximate surface area is 194 Å². The van der Waals surface area contributed by atoms with Crippen LogP contribution in [0.5, 0.6) is 5.75 Å². The summed E-state index contributed by atoms with van der Waals surface area (Å²) >= 11 is 0. The van der Waals surface area contributed by atoms with Crippen LogP contribution >= 0.6 is 0 Å². The van der Waals surface area contributed by atoms with Gasteiger partial charge >= 0.3 is 0 Å². The van der Waals surface area contributed by atoms with Gasteiger partial charge in [0, 0.05) is 25.7 Å². The highest BCUT2D eigenvalue weighted by atomic mass is 19.1. The predicted molar refractivity (Wildman–Crippen MR) is 126 cm³/mol. The van der Waals surface area contributed by atoms with Gasteiger partial charge in [-0.05, 0) is 56.0 Å². The lowest BCUT2D eigenvalue weighted by atomic mass is 10.0. The number of halogens is 1. The molecule has 1 amide bonds. The predicted octanol–water partition coefficient (Wildman–Crippen LogP) is 4.29. The van der Waals surface area contributed by atoms with Crippen LogP contribution in [0, 0.1) is 12.7 Å². The molecule has 0 aliphatic carbocycles. The molecule has 0 atom stereocenters. The molecule has 0 saturated carbocycles. The first kappa shape index (κ1) is 23.0. The van der Waals surface area contributed by atoms with Crippen molar-refractivity contribution in [3.63, 3.8) is 0 Å². The summed E-state index contributed by atoms with van der Waals surface area (Å²) < 4.78 is 20.8. The molecule has 1 aliphatic heterocycles. The molecule has 7 heteroatoms. The van der Waals surface area contributed by atoms with Gasteiger partial charge in [-0.25, -0.2) is 9.07 Å². The maximum Gasteiger partial charge on any atom is 0.254 e. The van der Waals surface area contributed by atoms with E-state index >= 15 is 0 Å². The lowest BCUT2D eigenvalue weighted by molar-refractivity contribution is 0.0908. The van der Waals surface area contributed by atoms with E-state index in [0.717, 1.165) is 42.9 Å². The van der Waals surface area contributed by atoms with Crippen LogP contribution in [0.15, 0.2) is 48.7 Å². The molecule has 6 nitrogen and oxygen atoms in total. The number of hydrogen-bond acceptors (Lipinski definition) is 4. The highest BCUT2D eigenvalue weighted by Gasteiger charge is 2.24. The van der Waals surface area contributed by atoms with Crippen LogP contribution in [0.3, 0.4) is 0 Å². The number of amides is 1. The molecular formula is C26H31FN4O2. The van der Waals surface area contributed by atoms with Gasteiger partial charge in [-0.1, -0.05) is 30.7 Å². The molecule has 0 unspecified atom stereocenters. The highest BCUT2D eigenvalue weighted by molar-refractivity contribution is 5.95. The third-order valence-electron chi connectivity index (χ3n) is 6.27. The minimum atomic E-state index is -0.338. The van der Waals surface area contributed by atoms with Gasteiger partial charge in [0.15, 0.2) is 11.6 Å². The molecule has 1 N–H and O–H groups in total. The summed E-state index contributed by atoms with van der Waals surface area (Å²) in [4.78, 5) is 15.3. The zero-order valence-corrected chi connectivity index (χ0v) is 19.5. The van der Waals surface area contributed by atoms with Gasteiger partial charge < -0.3 is 10.1 Å². The average molecular weight is 451 g/mol. The van der Waals surface area contributed by atoms with E-state index in [-0.39, 0.29) is 23.5 Å². The minimum Gasteiger partial charge on any atom is -0.494 e. The van der Waals surface area contributed by atoms with Crippen molar-refractivity contribution in [3.05, 3.63) is 76.9 Å². The number of nitrogens with one attached hydrogen (secondary N) is 1. The second kappa shape index (κ2) is 10.2. The van der Waals surface area contributed by atoms with Crippen molar-refractivity contribution in [2.75, 3.05) is 20.2 Å². The standard InChI is InChI=1S/C26H31FN4O2/c1-4-24-22(16-28-31(24)21-8-5-18(2)6-9-21)26(32)29-20-11-13-30(14-12-20)17-19-7-10-25(33-3)23(27)15-19/h5-10,15-16,20H,4,11-14,17H2,1-3H3,(H,29,32). The van der Waals surface area contributed by atoms with Gasteiger partial charge in [-0.3, -0.25) is 9.69 Å². The van der Waals surface area contributed by atoms with Crippen LogP contribution in [0.25, 0.3) is 5.69 Å². The fraction of sp³-hybridized carbons (Fsp3) is 0.385. The normalized spacial score (nSPS) is 14.9. The Kier molecular flexibility index (Phi) is 7.08. The molecule has 0 radical (unpaired) electrons. The second-order valence-electron chi connectivity index (χ2n) is 8.60. The largest absolute Gasteiger partial charge is 0.494 e. The smallest absolute Gasteiger partial charge is 0.254 e. The van der Waals surface area contributed by atoms with E-state index < -0.39 is 0 Å². The number of likely N-dealkylation sites (tertiary alicyclic amines) is 1.